The van der Waals surface area contributed by atoms with Gasteiger partial charge in [0.25, 0.3) is 0 Å². The molecule has 0 spiro atoms. The van der Waals surface area contributed by atoms with E-state index >= 15 is 0 Å². The van der Waals surface area contributed by atoms with Crippen molar-refractivity contribution in [3.05, 3.63) is 5.21 Å². The van der Waals surface area contributed by atoms with E-state index in [-0.39, 0.29) is 28.9 Å². The molecule has 4 heteroatoms. The largest absolute Gasteiger partial charge is 0.632 e. The van der Waals surface area contributed by atoms with Crippen molar-refractivity contribution in [1.29, 1.82) is 0 Å². The number of rotatable bonds is 0. The second-order valence-electron chi connectivity index (χ2n) is 4.38. The summed E-state index contributed by atoms with van der Waals surface area (Å²) in [5.41, 5.74) is 0. The highest BCUT2D eigenvalue weighted by atomic mass is 16.6. The first-order valence-electron chi connectivity index (χ1n) is 4.51. The number of quaternary nitrogens is 1. The summed E-state index contributed by atoms with van der Waals surface area (Å²) in [7, 11) is 1.67. The lowest BCUT2D eigenvalue weighted by atomic mass is 10.00. The molecule has 0 aromatic rings. The fourth-order valence-electron chi connectivity index (χ4n) is 3.12. The van der Waals surface area contributed by atoms with Crippen LogP contribution < -0.4 is 0 Å². The molecule has 0 aromatic carbocycles. The summed E-state index contributed by atoms with van der Waals surface area (Å²) in [6.45, 7) is 0. The second kappa shape index (κ2) is 1.85. The maximum atomic E-state index is 12.0. The molecule has 0 amide bonds. The summed E-state index contributed by atoms with van der Waals surface area (Å²) < 4.78 is 5.26. The summed E-state index contributed by atoms with van der Waals surface area (Å²) >= 11 is 0. The minimum absolute atomic E-state index is 0.00347. The van der Waals surface area contributed by atoms with Crippen LogP contribution in [0.4, 0.5) is 0 Å². The average molecular weight is 171 g/mol. The Kier molecular flexibility index (Phi) is 1.12. The third-order valence-corrected chi connectivity index (χ3v) is 3.79. The van der Waals surface area contributed by atoms with Crippen LogP contribution in [-0.2, 0) is 4.74 Å². The molecule has 4 aliphatic rings. The van der Waals surface area contributed by atoms with Crippen molar-refractivity contribution in [3.63, 3.8) is 0 Å². The average Bonchev–Trinajstić information content (AvgIpc) is 2.39. The number of likely N-dealkylation sites (N-methyl/N-ethyl adjacent to an activating group) is 1. The molecule has 6 unspecified atom stereocenters. The van der Waals surface area contributed by atoms with Crippen molar-refractivity contribution in [2.75, 3.05) is 7.05 Å². The van der Waals surface area contributed by atoms with Crippen molar-refractivity contribution in [1.82, 2.24) is 0 Å². The molecule has 4 rings (SSSR count). The number of ether oxygens (including phenoxy) is 1. The minimum atomic E-state index is -0.517. The van der Waals surface area contributed by atoms with Gasteiger partial charge in [0.2, 0.25) is 0 Å². The zero-order valence-electron chi connectivity index (χ0n) is 7.01. The fourth-order valence-corrected chi connectivity index (χ4v) is 3.12. The van der Waals surface area contributed by atoms with Crippen LogP contribution in [0.5, 0.6) is 0 Å². The molecular formula is C8H13NO3. The number of nitrogens with zero attached hydrogens (tertiary/aromatic N) is 1. The first-order chi connectivity index (χ1) is 5.60. The Bertz CT molecular complexity index is 226. The van der Waals surface area contributed by atoms with Gasteiger partial charge in [0.15, 0.2) is 0 Å². The standard InChI is InChI=1S/C8H13NO3/c1-9(11)5-2-4-3-6(9)8(12-4)7(5)10/h4-8,10H,2-3H2,1H3. The van der Waals surface area contributed by atoms with Gasteiger partial charge in [-0.05, 0) is 0 Å². The van der Waals surface area contributed by atoms with Crippen molar-refractivity contribution in [3.8, 4) is 0 Å². The topological polar surface area (TPSA) is 52.5 Å². The number of aliphatic hydroxyl groups is 1. The molecule has 6 atom stereocenters. The van der Waals surface area contributed by atoms with Gasteiger partial charge in [0, 0.05) is 12.8 Å². The van der Waals surface area contributed by atoms with Gasteiger partial charge in [-0.1, -0.05) is 0 Å². The maximum Gasteiger partial charge on any atom is 0.141 e. The van der Waals surface area contributed by atoms with Crippen molar-refractivity contribution in [2.45, 2.75) is 43.2 Å². The number of hydrogen-bond donors (Lipinski definition) is 1. The summed E-state index contributed by atoms with van der Waals surface area (Å²) in [4.78, 5) is 0. The quantitative estimate of drug-likeness (QED) is 0.398. The Morgan fingerprint density at radius 2 is 2.08 bits per heavy atom. The summed E-state index contributed by atoms with van der Waals surface area (Å²) in [5.74, 6) is 0. The fraction of sp³-hybridized carbons (Fsp3) is 1.00. The number of piperidine rings is 1. The van der Waals surface area contributed by atoms with E-state index in [0.717, 1.165) is 12.8 Å². The van der Waals surface area contributed by atoms with Crippen LogP contribution in [0.3, 0.4) is 0 Å². The molecule has 4 nitrogen and oxygen atoms in total. The van der Waals surface area contributed by atoms with Crippen LogP contribution in [0.1, 0.15) is 12.8 Å². The first-order valence-corrected chi connectivity index (χ1v) is 4.51. The summed E-state index contributed by atoms with van der Waals surface area (Å²) in [6, 6.07) is -0.115. The van der Waals surface area contributed by atoms with Crippen molar-refractivity contribution < 1.29 is 14.5 Å². The second-order valence-corrected chi connectivity index (χ2v) is 4.38. The van der Waals surface area contributed by atoms with Crippen LogP contribution in [0.15, 0.2) is 0 Å². The highest BCUT2D eigenvalue weighted by molar-refractivity contribution is 5.04. The van der Waals surface area contributed by atoms with Gasteiger partial charge < -0.3 is 19.7 Å². The number of aliphatic hydroxyl groups excluding tert-OH is 1. The Balaban J connectivity index is 2.06. The van der Waals surface area contributed by atoms with Crippen LogP contribution in [-0.4, -0.2) is 47.2 Å². The number of hydroxylamine groups is 3. The Hall–Kier alpha value is -0.160. The predicted octanol–water partition coefficient (Wildman–Crippen LogP) is -0.396. The normalized spacial score (nSPS) is 67.8. The molecule has 0 aromatic heterocycles. The van der Waals surface area contributed by atoms with Gasteiger partial charge in [0.1, 0.15) is 24.3 Å². The molecule has 4 aliphatic heterocycles. The van der Waals surface area contributed by atoms with Gasteiger partial charge in [0.05, 0.1) is 13.2 Å². The molecule has 0 saturated carbocycles. The van der Waals surface area contributed by atoms with Crippen LogP contribution in [0.2, 0.25) is 0 Å². The van der Waals surface area contributed by atoms with E-state index in [1.807, 2.05) is 0 Å². The van der Waals surface area contributed by atoms with E-state index in [4.69, 9.17) is 4.74 Å². The molecule has 4 heterocycles. The molecule has 4 saturated heterocycles. The molecular weight excluding hydrogens is 158 g/mol. The van der Waals surface area contributed by atoms with E-state index in [1.165, 1.54) is 0 Å². The van der Waals surface area contributed by atoms with Gasteiger partial charge >= 0.3 is 0 Å². The smallest absolute Gasteiger partial charge is 0.141 e. The SMILES string of the molecule is C[N+]1([O-])C2CC3CC1C(O3)C2O. The molecule has 4 fully saturated rings. The zero-order chi connectivity index (χ0) is 8.51. The van der Waals surface area contributed by atoms with Gasteiger partial charge in [-0.3, -0.25) is 0 Å². The molecule has 4 bridgehead atoms. The van der Waals surface area contributed by atoms with E-state index < -0.39 is 6.10 Å². The first kappa shape index (κ1) is 7.26. The van der Waals surface area contributed by atoms with E-state index in [2.05, 4.69) is 0 Å². The summed E-state index contributed by atoms with van der Waals surface area (Å²) in [5, 5.41) is 21.7. The lowest BCUT2D eigenvalue weighted by Crippen LogP contribution is -2.55. The molecule has 12 heavy (non-hydrogen) atoms. The Morgan fingerprint density at radius 1 is 1.42 bits per heavy atom. The predicted molar refractivity (Wildman–Crippen MR) is 41.0 cm³/mol. The third kappa shape index (κ3) is 0.599. The summed E-state index contributed by atoms with van der Waals surface area (Å²) in [6.07, 6.45) is 1.16. The lowest BCUT2D eigenvalue weighted by Gasteiger charge is -2.48. The van der Waals surface area contributed by atoms with Crippen molar-refractivity contribution in [2.24, 2.45) is 0 Å². The highest BCUT2D eigenvalue weighted by Gasteiger charge is 2.64. The highest BCUT2D eigenvalue weighted by Crippen LogP contribution is 2.48. The Labute approximate surface area is 70.9 Å². The molecule has 68 valence electrons. The maximum absolute atomic E-state index is 12.0. The third-order valence-electron chi connectivity index (χ3n) is 3.79. The number of hydrogen-bond acceptors (Lipinski definition) is 3. The van der Waals surface area contributed by atoms with Gasteiger partial charge in [-0.25, -0.2) is 0 Å². The lowest BCUT2D eigenvalue weighted by molar-refractivity contribution is -0.902. The van der Waals surface area contributed by atoms with Crippen LogP contribution in [0, 0.1) is 5.21 Å². The van der Waals surface area contributed by atoms with Crippen LogP contribution >= 0.6 is 0 Å². The molecule has 0 radical (unpaired) electrons. The molecule has 1 N–H and O–H groups in total. The van der Waals surface area contributed by atoms with E-state index in [9.17, 15) is 10.3 Å². The molecule has 0 aliphatic carbocycles. The minimum Gasteiger partial charge on any atom is -0.632 e. The Morgan fingerprint density at radius 3 is 2.67 bits per heavy atom. The van der Waals surface area contributed by atoms with E-state index in [0.29, 0.717) is 0 Å². The monoisotopic (exact) mass is 171 g/mol. The zero-order valence-corrected chi connectivity index (χ0v) is 7.01. The van der Waals surface area contributed by atoms with Gasteiger partial charge in [-0.2, -0.15) is 0 Å². The van der Waals surface area contributed by atoms with Gasteiger partial charge in [-0.15, -0.1) is 0 Å². The van der Waals surface area contributed by atoms with Crippen molar-refractivity contribution >= 4 is 0 Å². The van der Waals surface area contributed by atoms with E-state index in [1.54, 1.807) is 7.05 Å². The van der Waals surface area contributed by atoms with Crippen LogP contribution in [0.25, 0.3) is 0 Å².